The molecule has 2 atom stereocenters. The van der Waals surface area contributed by atoms with Crippen LogP contribution in [-0.2, 0) is 0 Å². The van der Waals surface area contributed by atoms with Crippen LogP contribution in [0.4, 0.5) is 0 Å². The molecule has 0 fully saturated rings. The van der Waals surface area contributed by atoms with Gasteiger partial charge in [-0.15, -0.1) is 5.92 Å². The summed E-state index contributed by atoms with van der Waals surface area (Å²) in [6.07, 6.45) is -0.234. The number of aliphatic hydroxyl groups is 2. The molecule has 0 aliphatic heterocycles. The maximum atomic E-state index is 9.36. The Kier molecular flexibility index (Phi) is 3.41. The van der Waals surface area contributed by atoms with Gasteiger partial charge in [-0.3, -0.25) is 0 Å². The molecule has 0 heterocycles. The molecule has 0 aromatic heterocycles. The lowest BCUT2D eigenvalue weighted by atomic mass is 9.98. The molecule has 2 N–H and O–H groups in total. The van der Waals surface area contributed by atoms with Crippen molar-refractivity contribution in [1.82, 2.24) is 0 Å². The third kappa shape index (κ3) is 2.38. The molecule has 0 aromatic carbocycles. The van der Waals surface area contributed by atoms with Crippen molar-refractivity contribution in [3.05, 3.63) is 0 Å². The van der Waals surface area contributed by atoms with Crippen molar-refractivity contribution >= 4 is 0 Å². The predicted octanol–water partition coefficient (Wildman–Crippen LogP) is 0.532. The summed E-state index contributed by atoms with van der Waals surface area (Å²) in [6.45, 7) is 4.95. The average molecular weight is 142 g/mol. The van der Waals surface area contributed by atoms with Gasteiger partial charge in [-0.05, 0) is 20.3 Å². The van der Waals surface area contributed by atoms with Crippen LogP contribution in [0.1, 0.15) is 27.2 Å². The van der Waals surface area contributed by atoms with Gasteiger partial charge in [0.1, 0.15) is 5.60 Å². The van der Waals surface area contributed by atoms with E-state index in [1.807, 2.05) is 0 Å². The van der Waals surface area contributed by atoms with Gasteiger partial charge in [-0.2, -0.15) is 0 Å². The van der Waals surface area contributed by atoms with E-state index in [1.54, 1.807) is 13.8 Å². The molecule has 2 heteroatoms. The molecule has 0 saturated carbocycles. The number of rotatable bonds is 2. The van der Waals surface area contributed by atoms with Crippen LogP contribution < -0.4 is 0 Å². The maximum Gasteiger partial charge on any atom is 0.148 e. The van der Waals surface area contributed by atoms with E-state index in [1.165, 1.54) is 6.92 Å². The molecular formula is C8H14O2. The van der Waals surface area contributed by atoms with Gasteiger partial charge in [0.15, 0.2) is 0 Å². The number of hydrogen-bond acceptors (Lipinski definition) is 2. The Hall–Kier alpha value is -0.520. The van der Waals surface area contributed by atoms with E-state index in [9.17, 15) is 5.11 Å². The van der Waals surface area contributed by atoms with E-state index in [4.69, 9.17) is 5.11 Å². The highest BCUT2D eigenvalue weighted by Gasteiger charge is 2.25. The Morgan fingerprint density at radius 1 is 1.60 bits per heavy atom. The molecule has 0 aromatic rings. The van der Waals surface area contributed by atoms with E-state index in [0.717, 1.165) is 0 Å². The van der Waals surface area contributed by atoms with E-state index >= 15 is 0 Å². The molecule has 2 nitrogen and oxygen atoms in total. The number of aliphatic hydroxyl groups excluding tert-OH is 1. The molecule has 0 radical (unpaired) electrons. The van der Waals surface area contributed by atoms with Crippen LogP contribution in [0.5, 0.6) is 0 Å². The van der Waals surface area contributed by atoms with E-state index in [-0.39, 0.29) is 0 Å². The lowest BCUT2D eigenvalue weighted by Gasteiger charge is -2.21. The number of hydrogen-bond donors (Lipinski definition) is 2. The molecule has 0 spiro atoms. The highest BCUT2D eigenvalue weighted by molar-refractivity contribution is 5.12. The van der Waals surface area contributed by atoms with Crippen molar-refractivity contribution in [2.24, 2.45) is 0 Å². The molecule has 0 bridgehead atoms. The van der Waals surface area contributed by atoms with Crippen molar-refractivity contribution in [3.8, 4) is 11.8 Å². The predicted molar refractivity (Wildman–Crippen MR) is 40.4 cm³/mol. The second-order valence-corrected chi connectivity index (χ2v) is 2.45. The largest absolute Gasteiger partial charge is 0.389 e. The quantitative estimate of drug-likeness (QED) is 0.552. The summed E-state index contributed by atoms with van der Waals surface area (Å²) in [5, 5.41) is 18.5. The van der Waals surface area contributed by atoms with Crippen LogP contribution >= 0.6 is 0 Å². The van der Waals surface area contributed by atoms with Crippen molar-refractivity contribution in [2.75, 3.05) is 0 Å². The molecular weight excluding hydrogens is 128 g/mol. The molecule has 10 heavy (non-hydrogen) atoms. The first-order chi connectivity index (χ1) is 4.54. The Morgan fingerprint density at radius 2 is 2.10 bits per heavy atom. The highest BCUT2D eigenvalue weighted by Crippen LogP contribution is 2.10. The van der Waals surface area contributed by atoms with Crippen molar-refractivity contribution in [2.45, 2.75) is 38.9 Å². The minimum atomic E-state index is -1.25. The van der Waals surface area contributed by atoms with Crippen LogP contribution in [0.25, 0.3) is 0 Å². The van der Waals surface area contributed by atoms with Gasteiger partial charge in [0.25, 0.3) is 0 Å². The van der Waals surface area contributed by atoms with Crippen LogP contribution in [0.15, 0.2) is 0 Å². The smallest absolute Gasteiger partial charge is 0.148 e. The Balaban J connectivity index is 4.18. The fraction of sp³-hybridized carbons (Fsp3) is 0.750. The lowest BCUT2D eigenvalue weighted by molar-refractivity contribution is -0.0203. The second kappa shape index (κ2) is 3.60. The minimum Gasteiger partial charge on any atom is -0.389 e. The molecule has 0 unspecified atom stereocenters. The van der Waals surface area contributed by atoms with Crippen LogP contribution in [0, 0.1) is 11.8 Å². The zero-order valence-electron chi connectivity index (χ0n) is 6.68. The van der Waals surface area contributed by atoms with Crippen LogP contribution in [0.2, 0.25) is 0 Å². The third-order valence-electron chi connectivity index (χ3n) is 1.41. The SMILES string of the molecule is CC#C[C@](C)(O)[C@H](O)CC. The molecule has 0 saturated heterocycles. The zero-order chi connectivity index (χ0) is 8.20. The van der Waals surface area contributed by atoms with Gasteiger partial charge < -0.3 is 10.2 Å². The van der Waals surface area contributed by atoms with Gasteiger partial charge in [0.05, 0.1) is 6.10 Å². The highest BCUT2D eigenvalue weighted by atomic mass is 16.3. The molecule has 0 amide bonds. The third-order valence-corrected chi connectivity index (χ3v) is 1.41. The standard InChI is InChI=1S/C8H14O2/c1-4-6-8(3,10)7(9)5-2/h7,9-10H,5H2,1-3H3/t7-,8+/m1/s1. The van der Waals surface area contributed by atoms with Gasteiger partial charge in [0, 0.05) is 0 Å². The Labute approximate surface area is 61.9 Å². The van der Waals surface area contributed by atoms with Crippen molar-refractivity contribution < 1.29 is 10.2 Å². The van der Waals surface area contributed by atoms with Crippen molar-refractivity contribution in [1.29, 1.82) is 0 Å². The van der Waals surface area contributed by atoms with Crippen molar-refractivity contribution in [3.63, 3.8) is 0 Å². The summed E-state index contributed by atoms with van der Waals surface area (Å²) in [5.74, 6) is 5.09. The van der Waals surface area contributed by atoms with Gasteiger partial charge >= 0.3 is 0 Å². The summed E-state index contributed by atoms with van der Waals surface area (Å²) in [4.78, 5) is 0. The zero-order valence-corrected chi connectivity index (χ0v) is 6.68. The topological polar surface area (TPSA) is 40.5 Å². The normalized spacial score (nSPS) is 18.5. The Bertz CT molecular complexity index is 150. The van der Waals surface area contributed by atoms with Crippen LogP contribution in [-0.4, -0.2) is 21.9 Å². The molecule has 0 rings (SSSR count). The summed E-state index contributed by atoms with van der Waals surface area (Å²) in [5.41, 5.74) is -1.25. The summed E-state index contributed by atoms with van der Waals surface area (Å²) >= 11 is 0. The van der Waals surface area contributed by atoms with Crippen LogP contribution in [0.3, 0.4) is 0 Å². The van der Waals surface area contributed by atoms with Gasteiger partial charge in [0.2, 0.25) is 0 Å². The summed E-state index contributed by atoms with van der Waals surface area (Å²) in [7, 11) is 0. The van der Waals surface area contributed by atoms with E-state index in [2.05, 4.69) is 11.8 Å². The summed E-state index contributed by atoms with van der Waals surface area (Å²) in [6, 6.07) is 0. The first-order valence-electron chi connectivity index (χ1n) is 3.39. The maximum absolute atomic E-state index is 9.36. The summed E-state index contributed by atoms with van der Waals surface area (Å²) < 4.78 is 0. The monoisotopic (exact) mass is 142 g/mol. The first kappa shape index (κ1) is 9.48. The lowest BCUT2D eigenvalue weighted by Crippen LogP contribution is -2.37. The molecule has 0 aliphatic carbocycles. The minimum absolute atomic E-state index is 0.516. The fourth-order valence-electron chi connectivity index (χ4n) is 0.734. The molecule has 58 valence electrons. The van der Waals surface area contributed by atoms with Gasteiger partial charge in [-0.25, -0.2) is 0 Å². The molecule has 0 aliphatic rings. The van der Waals surface area contributed by atoms with E-state index in [0.29, 0.717) is 6.42 Å². The fourth-order valence-corrected chi connectivity index (χ4v) is 0.734. The second-order valence-electron chi connectivity index (χ2n) is 2.45. The average Bonchev–Trinajstić information content (AvgIpc) is 1.86. The van der Waals surface area contributed by atoms with Gasteiger partial charge in [-0.1, -0.05) is 12.8 Å². The van der Waals surface area contributed by atoms with E-state index < -0.39 is 11.7 Å². The Morgan fingerprint density at radius 3 is 2.40 bits per heavy atom. The first-order valence-corrected chi connectivity index (χ1v) is 3.39.